The topological polar surface area (TPSA) is 30.5 Å². The molecule has 0 heterocycles. The first-order valence-electron chi connectivity index (χ1n) is 6.87. The molecule has 0 spiro atoms. The Kier molecular flexibility index (Phi) is 5.08. The fourth-order valence-electron chi connectivity index (χ4n) is 2.32. The van der Waals surface area contributed by atoms with Gasteiger partial charge in [0.1, 0.15) is 18.0 Å². The number of hydrogen-bond donors (Lipinski definition) is 1. The summed E-state index contributed by atoms with van der Waals surface area (Å²) < 4.78 is 11.8. The quantitative estimate of drug-likeness (QED) is 0.870. The molecule has 3 unspecified atom stereocenters. The molecule has 0 amide bonds. The van der Waals surface area contributed by atoms with Gasteiger partial charge in [-0.3, -0.25) is 0 Å². The lowest BCUT2D eigenvalue weighted by Gasteiger charge is -2.43. The van der Waals surface area contributed by atoms with Crippen LogP contribution in [-0.4, -0.2) is 31.9 Å². The van der Waals surface area contributed by atoms with Crippen molar-refractivity contribution in [2.45, 2.75) is 44.9 Å². The molecule has 1 aromatic rings. The van der Waals surface area contributed by atoms with E-state index in [0.717, 1.165) is 30.8 Å². The van der Waals surface area contributed by atoms with E-state index >= 15 is 0 Å². The van der Waals surface area contributed by atoms with Crippen LogP contribution in [0.2, 0.25) is 5.02 Å². The van der Waals surface area contributed by atoms with E-state index in [4.69, 9.17) is 21.1 Å². The van der Waals surface area contributed by atoms with Gasteiger partial charge < -0.3 is 14.8 Å². The number of likely N-dealkylation sites (N-methyl/N-ethyl adjacent to an activating group) is 1. The lowest BCUT2D eigenvalue weighted by Crippen LogP contribution is -2.60. The van der Waals surface area contributed by atoms with E-state index in [2.05, 4.69) is 12.2 Å². The van der Waals surface area contributed by atoms with Crippen molar-refractivity contribution < 1.29 is 9.47 Å². The van der Waals surface area contributed by atoms with E-state index in [1.165, 1.54) is 0 Å². The Hall–Kier alpha value is -0.770. The molecule has 1 fully saturated rings. The van der Waals surface area contributed by atoms with Crippen molar-refractivity contribution in [3.63, 3.8) is 0 Å². The van der Waals surface area contributed by atoms with Gasteiger partial charge in [-0.25, -0.2) is 0 Å². The summed E-state index contributed by atoms with van der Waals surface area (Å²) in [5.74, 6) is 0.747. The second-order valence-electron chi connectivity index (χ2n) is 5.06. The summed E-state index contributed by atoms with van der Waals surface area (Å²) >= 11 is 6.20. The lowest BCUT2D eigenvalue weighted by atomic mass is 9.85. The molecule has 19 heavy (non-hydrogen) atoms. The predicted octanol–water partition coefficient (Wildman–Crippen LogP) is 3.18. The average Bonchev–Trinajstić information content (AvgIpc) is 2.36. The van der Waals surface area contributed by atoms with Crippen molar-refractivity contribution in [2.75, 3.05) is 13.7 Å². The normalized spacial score (nSPS) is 26.0. The van der Waals surface area contributed by atoms with Crippen molar-refractivity contribution in [1.29, 1.82) is 0 Å². The fourth-order valence-corrected chi connectivity index (χ4v) is 2.60. The van der Waals surface area contributed by atoms with Crippen LogP contribution < -0.4 is 10.1 Å². The molecular formula is C15H22ClNO2. The smallest absolute Gasteiger partial charge is 0.138 e. The summed E-state index contributed by atoms with van der Waals surface area (Å²) in [6.07, 6.45) is 2.17. The highest BCUT2D eigenvalue weighted by Gasteiger charge is 2.43. The van der Waals surface area contributed by atoms with Crippen molar-refractivity contribution >= 4 is 11.6 Å². The van der Waals surface area contributed by atoms with Crippen LogP contribution in [0.1, 0.15) is 25.3 Å². The van der Waals surface area contributed by atoms with Gasteiger partial charge in [0.05, 0.1) is 5.02 Å². The number of hydrogen-bond acceptors (Lipinski definition) is 3. The van der Waals surface area contributed by atoms with Gasteiger partial charge in [0.2, 0.25) is 0 Å². The van der Waals surface area contributed by atoms with Crippen LogP contribution in [-0.2, 0) is 4.74 Å². The molecule has 0 bridgehead atoms. The second kappa shape index (κ2) is 6.60. The number of nitrogens with one attached hydrogen (secondary N) is 1. The van der Waals surface area contributed by atoms with E-state index in [1.54, 1.807) is 0 Å². The third kappa shape index (κ3) is 3.41. The molecule has 1 saturated carbocycles. The molecular weight excluding hydrogens is 262 g/mol. The number of ether oxygens (including phenoxy) is 2. The first kappa shape index (κ1) is 14.6. The third-order valence-corrected chi connectivity index (χ3v) is 3.80. The van der Waals surface area contributed by atoms with Crippen LogP contribution in [0.4, 0.5) is 0 Å². The van der Waals surface area contributed by atoms with E-state index in [1.807, 2.05) is 32.2 Å². The molecule has 2 rings (SSSR count). The summed E-state index contributed by atoms with van der Waals surface area (Å²) in [7, 11) is 1.96. The summed E-state index contributed by atoms with van der Waals surface area (Å²) in [5, 5.41) is 3.93. The van der Waals surface area contributed by atoms with E-state index in [9.17, 15) is 0 Å². The fraction of sp³-hybridized carbons (Fsp3) is 0.600. The SMILES string of the molecule is CCCOC1C(NC)CC1Oc1ccc(C)cc1Cl. The molecule has 3 atom stereocenters. The average molecular weight is 284 g/mol. The maximum absolute atomic E-state index is 6.20. The molecule has 0 radical (unpaired) electrons. The Balaban J connectivity index is 1.98. The van der Waals surface area contributed by atoms with Crippen molar-refractivity contribution in [3.05, 3.63) is 28.8 Å². The standard InChI is InChI=1S/C15H22ClNO2/c1-4-7-18-15-12(17-3)9-14(15)19-13-6-5-10(2)8-11(13)16/h5-6,8,12,14-15,17H,4,7,9H2,1-3H3. The minimum Gasteiger partial charge on any atom is -0.486 e. The minimum absolute atomic E-state index is 0.0872. The molecule has 3 nitrogen and oxygen atoms in total. The molecule has 0 saturated heterocycles. The van der Waals surface area contributed by atoms with Crippen LogP contribution >= 0.6 is 11.6 Å². The van der Waals surface area contributed by atoms with Crippen LogP contribution in [0.5, 0.6) is 5.75 Å². The zero-order valence-corrected chi connectivity index (χ0v) is 12.5. The monoisotopic (exact) mass is 283 g/mol. The second-order valence-corrected chi connectivity index (χ2v) is 5.46. The number of aryl methyl sites for hydroxylation is 1. The van der Waals surface area contributed by atoms with Crippen LogP contribution in [0.3, 0.4) is 0 Å². The highest BCUT2D eigenvalue weighted by atomic mass is 35.5. The molecule has 1 aromatic carbocycles. The Morgan fingerprint density at radius 2 is 2.21 bits per heavy atom. The summed E-state index contributed by atoms with van der Waals surface area (Å²) in [4.78, 5) is 0. The number of rotatable bonds is 6. The van der Waals surface area contributed by atoms with Gasteiger partial charge in [0.15, 0.2) is 0 Å². The highest BCUT2D eigenvalue weighted by Crippen LogP contribution is 2.33. The highest BCUT2D eigenvalue weighted by molar-refractivity contribution is 6.32. The van der Waals surface area contributed by atoms with Gasteiger partial charge in [-0.2, -0.15) is 0 Å². The Morgan fingerprint density at radius 1 is 1.42 bits per heavy atom. The van der Waals surface area contributed by atoms with E-state index in [-0.39, 0.29) is 12.2 Å². The molecule has 1 aliphatic carbocycles. The summed E-state index contributed by atoms with van der Waals surface area (Å²) in [6, 6.07) is 6.24. The van der Waals surface area contributed by atoms with Crippen LogP contribution in [0.15, 0.2) is 18.2 Å². The third-order valence-electron chi connectivity index (χ3n) is 3.50. The van der Waals surface area contributed by atoms with Gasteiger partial charge in [0.25, 0.3) is 0 Å². The largest absolute Gasteiger partial charge is 0.486 e. The molecule has 0 aliphatic heterocycles. The number of halogens is 1. The van der Waals surface area contributed by atoms with E-state index in [0.29, 0.717) is 11.1 Å². The number of benzene rings is 1. The Bertz CT molecular complexity index is 425. The maximum atomic E-state index is 6.20. The molecule has 0 aromatic heterocycles. The predicted molar refractivity (Wildman–Crippen MR) is 78.1 cm³/mol. The summed E-state index contributed by atoms with van der Waals surface area (Å²) in [5.41, 5.74) is 1.14. The van der Waals surface area contributed by atoms with Gasteiger partial charge in [-0.15, -0.1) is 0 Å². The lowest BCUT2D eigenvalue weighted by molar-refractivity contribution is -0.106. The Labute approximate surface area is 120 Å². The Morgan fingerprint density at radius 3 is 2.84 bits per heavy atom. The molecule has 4 heteroatoms. The van der Waals surface area contributed by atoms with Gasteiger partial charge >= 0.3 is 0 Å². The zero-order chi connectivity index (χ0) is 13.8. The molecule has 1 aliphatic rings. The molecule has 106 valence electrons. The maximum Gasteiger partial charge on any atom is 0.138 e. The first-order chi connectivity index (χ1) is 9.15. The first-order valence-corrected chi connectivity index (χ1v) is 7.25. The van der Waals surface area contributed by atoms with Crippen LogP contribution in [0.25, 0.3) is 0 Å². The van der Waals surface area contributed by atoms with Crippen molar-refractivity contribution in [3.8, 4) is 5.75 Å². The van der Waals surface area contributed by atoms with Gasteiger partial charge in [-0.05, 0) is 38.1 Å². The van der Waals surface area contributed by atoms with E-state index < -0.39 is 0 Å². The van der Waals surface area contributed by atoms with Crippen LogP contribution in [0, 0.1) is 6.92 Å². The minimum atomic E-state index is 0.0872. The van der Waals surface area contributed by atoms with Gasteiger partial charge in [0, 0.05) is 19.1 Å². The summed E-state index contributed by atoms with van der Waals surface area (Å²) in [6.45, 7) is 4.90. The zero-order valence-electron chi connectivity index (χ0n) is 11.8. The van der Waals surface area contributed by atoms with Crippen molar-refractivity contribution in [2.24, 2.45) is 0 Å². The molecule has 1 N–H and O–H groups in total. The van der Waals surface area contributed by atoms with Gasteiger partial charge in [-0.1, -0.05) is 24.6 Å². The van der Waals surface area contributed by atoms with Crippen molar-refractivity contribution in [1.82, 2.24) is 5.32 Å².